The molecule has 0 saturated carbocycles. The maximum atomic E-state index is 12.2. The SMILES string of the molecule is Cc1ccc(C(=O)O)cc1NS(=O)(=O)c1cnc(Cl)nc1. The standard InChI is InChI=1S/C12H10ClN3O4S/c1-7-2-3-8(11(17)18)4-10(7)16-21(19,20)9-5-14-12(13)15-6-9/h2-6,16H,1H3,(H,17,18). The minimum Gasteiger partial charge on any atom is -0.478 e. The van der Waals surface area contributed by atoms with Crippen LogP contribution >= 0.6 is 11.6 Å². The number of aromatic nitrogens is 2. The molecule has 21 heavy (non-hydrogen) atoms. The van der Waals surface area contributed by atoms with Gasteiger partial charge in [-0.3, -0.25) is 4.72 Å². The van der Waals surface area contributed by atoms with Gasteiger partial charge in [0.2, 0.25) is 5.28 Å². The summed E-state index contributed by atoms with van der Waals surface area (Å²) in [5.41, 5.74) is 0.731. The summed E-state index contributed by atoms with van der Waals surface area (Å²) >= 11 is 5.50. The number of sulfonamides is 1. The smallest absolute Gasteiger partial charge is 0.335 e. The number of hydrogen-bond acceptors (Lipinski definition) is 5. The van der Waals surface area contributed by atoms with Gasteiger partial charge >= 0.3 is 5.97 Å². The molecule has 1 aromatic carbocycles. The lowest BCUT2D eigenvalue weighted by molar-refractivity contribution is 0.0697. The van der Waals surface area contributed by atoms with Crippen molar-refractivity contribution < 1.29 is 18.3 Å². The Morgan fingerprint density at radius 3 is 2.48 bits per heavy atom. The molecule has 0 fully saturated rings. The van der Waals surface area contributed by atoms with Crippen molar-refractivity contribution in [1.29, 1.82) is 0 Å². The van der Waals surface area contributed by atoms with Gasteiger partial charge in [-0.2, -0.15) is 0 Å². The van der Waals surface area contributed by atoms with Crippen LogP contribution in [0.25, 0.3) is 0 Å². The number of nitrogens with one attached hydrogen (secondary N) is 1. The molecular formula is C12H10ClN3O4S. The van der Waals surface area contributed by atoms with Crippen molar-refractivity contribution >= 4 is 33.3 Å². The van der Waals surface area contributed by atoms with E-state index in [0.29, 0.717) is 5.56 Å². The third kappa shape index (κ3) is 3.47. The maximum Gasteiger partial charge on any atom is 0.335 e. The molecule has 0 aliphatic heterocycles. The summed E-state index contributed by atoms with van der Waals surface area (Å²) in [6.45, 7) is 1.65. The molecule has 1 aromatic heterocycles. The Kier molecular flexibility index (Phi) is 4.10. The van der Waals surface area contributed by atoms with E-state index in [1.54, 1.807) is 6.92 Å². The van der Waals surface area contributed by atoms with E-state index in [1.807, 2.05) is 0 Å². The average molecular weight is 328 g/mol. The molecule has 0 radical (unpaired) electrons. The van der Waals surface area contributed by atoms with Crippen LogP contribution in [0.15, 0.2) is 35.5 Å². The van der Waals surface area contributed by atoms with Crippen LogP contribution in [0.5, 0.6) is 0 Å². The number of benzene rings is 1. The number of halogens is 1. The summed E-state index contributed by atoms with van der Waals surface area (Å²) in [6.07, 6.45) is 2.13. The van der Waals surface area contributed by atoms with Gasteiger partial charge in [0, 0.05) is 0 Å². The van der Waals surface area contributed by atoms with Crippen molar-refractivity contribution in [1.82, 2.24) is 9.97 Å². The summed E-state index contributed by atoms with van der Waals surface area (Å²) in [5.74, 6) is -1.15. The minimum atomic E-state index is -3.92. The van der Waals surface area contributed by atoms with Crippen molar-refractivity contribution in [2.45, 2.75) is 11.8 Å². The van der Waals surface area contributed by atoms with Crippen molar-refractivity contribution in [2.24, 2.45) is 0 Å². The molecule has 0 unspecified atom stereocenters. The third-order valence-electron chi connectivity index (χ3n) is 2.64. The number of rotatable bonds is 4. The van der Waals surface area contributed by atoms with E-state index in [4.69, 9.17) is 16.7 Å². The fraction of sp³-hybridized carbons (Fsp3) is 0.0833. The zero-order valence-corrected chi connectivity index (χ0v) is 12.3. The first kappa shape index (κ1) is 15.2. The molecule has 0 amide bonds. The summed E-state index contributed by atoms with van der Waals surface area (Å²) in [4.78, 5) is 17.9. The van der Waals surface area contributed by atoms with Gasteiger partial charge in [-0.15, -0.1) is 0 Å². The Morgan fingerprint density at radius 2 is 1.90 bits per heavy atom. The van der Waals surface area contributed by atoms with E-state index in [2.05, 4.69) is 14.7 Å². The number of nitrogens with zero attached hydrogens (tertiary/aromatic N) is 2. The van der Waals surface area contributed by atoms with Gasteiger partial charge in [0.1, 0.15) is 4.90 Å². The summed E-state index contributed by atoms with van der Waals surface area (Å²) in [6, 6.07) is 4.15. The zero-order valence-electron chi connectivity index (χ0n) is 10.7. The van der Waals surface area contributed by atoms with Crippen LogP contribution in [0.2, 0.25) is 5.28 Å². The number of carbonyl (C=O) groups is 1. The molecule has 9 heteroatoms. The van der Waals surface area contributed by atoms with E-state index in [-0.39, 0.29) is 21.4 Å². The van der Waals surface area contributed by atoms with Crippen molar-refractivity contribution in [2.75, 3.05) is 4.72 Å². The molecule has 0 aliphatic rings. The fourth-order valence-electron chi connectivity index (χ4n) is 1.51. The second-order valence-corrected chi connectivity index (χ2v) is 6.15. The Balaban J connectivity index is 2.38. The molecule has 0 atom stereocenters. The first-order valence-corrected chi connectivity index (χ1v) is 7.50. The molecular weight excluding hydrogens is 318 g/mol. The van der Waals surface area contributed by atoms with E-state index in [0.717, 1.165) is 12.4 Å². The highest BCUT2D eigenvalue weighted by molar-refractivity contribution is 7.92. The van der Waals surface area contributed by atoms with Crippen molar-refractivity contribution in [3.8, 4) is 0 Å². The third-order valence-corrected chi connectivity index (χ3v) is 4.15. The summed E-state index contributed by atoms with van der Waals surface area (Å²) < 4.78 is 26.6. The molecule has 0 bridgehead atoms. The van der Waals surface area contributed by atoms with Crippen LogP contribution in [0.1, 0.15) is 15.9 Å². The van der Waals surface area contributed by atoms with Gasteiger partial charge < -0.3 is 5.11 Å². The number of carboxylic acids is 1. The fourth-order valence-corrected chi connectivity index (χ4v) is 2.62. The molecule has 0 spiro atoms. The van der Waals surface area contributed by atoms with Gasteiger partial charge in [0.05, 0.1) is 23.6 Å². The summed E-state index contributed by atoms with van der Waals surface area (Å²) in [5, 5.41) is 8.86. The molecule has 2 N–H and O–H groups in total. The second kappa shape index (κ2) is 5.66. The molecule has 110 valence electrons. The molecule has 2 aromatic rings. The minimum absolute atomic E-state index is 0.0225. The van der Waals surface area contributed by atoms with Crippen molar-refractivity contribution in [3.05, 3.63) is 47.0 Å². The Labute approximate surface area is 125 Å². The van der Waals surface area contributed by atoms with Gasteiger partial charge in [-0.1, -0.05) is 6.07 Å². The average Bonchev–Trinajstić information content (AvgIpc) is 2.41. The Bertz CT molecular complexity index is 791. The van der Waals surface area contributed by atoms with Crippen LogP contribution in [0.4, 0.5) is 5.69 Å². The van der Waals surface area contributed by atoms with E-state index in [1.165, 1.54) is 18.2 Å². The van der Waals surface area contributed by atoms with E-state index >= 15 is 0 Å². The lowest BCUT2D eigenvalue weighted by atomic mass is 10.1. The van der Waals surface area contributed by atoms with Crippen molar-refractivity contribution in [3.63, 3.8) is 0 Å². The Morgan fingerprint density at radius 1 is 1.29 bits per heavy atom. The van der Waals surface area contributed by atoms with E-state index < -0.39 is 16.0 Å². The Hall–Kier alpha value is -2.19. The van der Waals surface area contributed by atoms with E-state index in [9.17, 15) is 13.2 Å². The highest BCUT2D eigenvalue weighted by Crippen LogP contribution is 2.21. The molecule has 7 nitrogen and oxygen atoms in total. The number of hydrogen-bond donors (Lipinski definition) is 2. The highest BCUT2D eigenvalue weighted by atomic mass is 35.5. The molecule has 0 saturated heterocycles. The number of aromatic carboxylic acids is 1. The largest absolute Gasteiger partial charge is 0.478 e. The zero-order chi connectivity index (χ0) is 15.6. The monoisotopic (exact) mass is 327 g/mol. The molecule has 1 heterocycles. The predicted octanol–water partition coefficient (Wildman–Crippen LogP) is 1.94. The van der Waals surface area contributed by atoms with Crippen LogP contribution < -0.4 is 4.72 Å². The number of anilines is 1. The quantitative estimate of drug-likeness (QED) is 0.830. The normalized spacial score (nSPS) is 11.1. The van der Waals surface area contributed by atoms with Gasteiger partial charge in [0.25, 0.3) is 10.0 Å². The molecule has 0 aliphatic carbocycles. The first-order chi connectivity index (χ1) is 9.79. The lowest BCUT2D eigenvalue weighted by Gasteiger charge is -2.11. The van der Waals surface area contributed by atoms with Crippen LogP contribution in [0, 0.1) is 6.92 Å². The van der Waals surface area contributed by atoms with Gasteiger partial charge in [-0.25, -0.2) is 23.2 Å². The summed E-state index contributed by atoms with van der Waals surface area (Å²) in [7, 11) is -3.92. The molecule has 2 rings (SSSR count). The topological polar surface area (TPSA) is 109 Å². The maximum absolute atomic E-state index is 12.2. The van der Waals surface area contributed by atoms with Crippen LogP contribution in [-0.4, -0.2) is 29.5 Å². The first-order valence-electron chi connectivity index (χ1n) is 5.64. The van der Waals surface area contributed by atoms with Gasteiger partial charge in [-0.05, 0) is 36.2 Å². The predicted molar refractivity (Wildman–Crippen MR) is 76.0 cm³/mol. The highest BCUT2D eigenvalue weighted by Gasteiger charge is 2.17. The number of aryl methyl sites for hydroxylation is 1. The van der Waals surface area contributed by atoms with Crippen LogP contribution in [0.3, 0.4) is 0 Å². The van der Waals surface area contributed by atoms with Crippen LogP contribution in [-0.2, 0) is 10.0 Å². The van der Waals surface area contributed by atoms with Gasteiger partial charge in [0.15, 0.2) is 0 Å². The number of carboxylic acid groups (broad SMARTS) is 1. The second-order valence-electron chi connectivity index (χ2n) is 4.13. The lowest BCUT2D eigenvalue weighted by Crippen LogP contribution is -2.15.